The standard InChI is InChI=1S/C39H40Cl2N6O3/c1-20-15-26(16-21(2)35(20)41)50-14-8-9-27-28-12-13-30(40)34(33-23(4)43-45(7)24(33)5)36(28)47-22(3)18-46(39(49)37(27)47)32-19-44(6)31-17-25(38(42)48)10-11-29(31)32/h10-13,15-17,19,22H,8-9,14,18H2,1-7H3,(H2,42,48)/t22-/m1/s1. The minimum absolute atomic E-state index is 0.0904. The van der Waals surface area contributed by atoms with E-state index in [4.69, 9.17) is 38.8 Å². The molecule has 0 radical (unpaired) electrons. The fraction of sp³-hybridized carbons (Fsp3) is 0.308. The van der Waals surface area contributed by atoms with E-state index < -0.39 is 5.91 Å². The number of primary amides is 1. The van der Waals surface area contributed by atoms with Crippen LogP contribution in [-0.2, 0) is 20.5 Å². The minimum Gasteiger partial charge on any atom is -0.494 e. The molecule has 4 heterocycles. The Kier molecular flexibility index (Phi) is 8.47. The van der Waals surface area contributed by atoms with E-state index in [0.29, 0.717) is 42.3 Å². The van der Waals surface area contributed by atoms with E-state index in [2.05, 4.69) is 11.5 Å². The van der Waals surface area contributed by atoms with Gasteiger partial charge in [0.25, 0.3) is 5.91 Å². The third-order valence-corrected chi connectivity index (χ3v) is 11.0. The summed E-state index contributed by atoms with van der Waals surface area (Å²) in [4.78, 5) is 28.8. The molecule has 1 aliphatic heterocycles. The van der Waals surface area contributed by atoms with Crippen LogP contribution in [0.2, 0.25) is 10.0 Å². The van der Waals surface area contributed by atoms with Crippen molar-refractivity contribution in [3.05, 3.63) is 98.0 Å². The molecule has 0 bridgehead atoms. The number of benzene rings is 3. The number of carbonyl (C=O) groups excluding carboxylic acids is 2. The number of rotatable bonds is 8. The number of halogens is 2. The van der Waals surface area contributed by atoms with Crippen molar-refractivity contribution in [2.75, 3.05) is 18.1 Å². The molecular weight excluding hydrogens is 671 g/mol. The number of hydrogen-bond acceptors (Lipinski definition) is 4. The summed E-state index contributed by atoms with van der Waals surface area (Å²) in [5, 5.41) is 7.93. The van der Waals surface area contributed by atoms with Crippen molar-refractivity contribution in [1.29, 1.82) is 0 Å². The van der Waals surface area contributed by atoms with E-state index in [1.54, 1.807) is 12.1 Å². The van der Waals surface area contributed by atoms with E-state index in [9.17, 15) is 9.59 Å². The Morgan fingerprint density at radius 2 is 1.70 bits per heavy atom. The molecule has 2 N–H and O–H groups in total. The van der Waals surface area contributed by atoms with Gasteiger partial charge in [-0.1, -0.05) is 29.3 Å². The lowest BCUT2D eigenvalue weighted by atomic mass is 9.98. The van der Waals surface area contributed by atoms with Crippen LogP contribution < -0.4 is 15.4 Å². The highest BCUT2D eigenvalue weighted by Gasteiger charge is 2.37. The SMILES string of the molecule is Cc1cc(OCCCc2c3n(c4c(-c5c(C)nn(C)c5C)c(Cl)ccc24)[C@H](C)CN(c2cn(C)c4cc(C(N)=O)ccc24)C3=O)cc(C)c1Cl. The number of carbonyl (C=O) groups is 2. The summed E-state index contributed by atoms with van der Waals surface area (Å²) >= 11 is 13.5. The van der Waals surface area contributed by atoms with Crippen molar-refractivity contribution in [2.45, 2.75) is 53.5 Å². The molecule has 1 atom stereocenters. The van der Waals surface area contributed by atoms with Gasteiger partial charge in [-0.3, -0.25) is 14.3 Å². The highest BCUT2D eigenvalue weighted by Crippen LogP contribution is 2.45. The molecule has 2 amide bonds. The Hall–Kier alpha value is -4.73. The zero-order chi connectivity index (χ0) is 35.8. The Morgan fingerprint density at radius 3 is 2.36 bits per heavy atom. The Balaban J connectivity index is 1.37. The lowest BCUT2D eigenvalue weighted by Crippen LogP contribution is -2.42. The van der Waals surface area contributed by atoms with Gasteiger partial charge < -0.3 is 24.5 Å². The summed E-state index contributed by atoms with van der Waals surface area (Å²) in [5.41, 5.74) is 15.9. The molecule has 258 valence electrons. The van der Waals surface area contributed by atoms with Gasteiger partial charge in [-0.2, -0.15) is 5.10 Å². The highest BCUT2D eigenvalue weighted by molar-refractivity contribution is 6.35. The molecule has 0 saturated heterocycles. The number of nitrogens with zero attached hydrogens (tertiary/aromatic N) is 5. The van der Waals surface area contributed by atoms with Crippen LogP contribution in [0.5, 0.6) is 5.75 Å². The minimum atomic E-state index is -0.495. The van der Waals surface area contributed by atoms with E-state index >= 15 is 0 Å². The number of aryl methyl sites for hydroxylation is 6. The fourth-order valence-corrected chi connectivity index (χ4v) is 8.02. The van der Waals surface area contributed by atoms with Gasteiger partial charge in [-0.05, 0) is 101 Å². The molecule has 0 saturated carbocycles. The summed E-state index contributed by atoms with van der Waals surface area (Å²) in [6, 6.07) is 13.2. The Bertz CT molecular complexity index is 2360. The van der Waals surface area contributed by atoms with Crippen LogP contribution in [0.3, 0.4) is 0 Å². The van der Waals surface area contributed by atoms with Crippen LogP contribution in [0, 0.1) is 27.7 Å². The molecule has 3 aromatic heterocycles. The first-order valence-corrected chi connectivity index (χ1v) is 17.5. The molecule has 3 aromatic carbocycles. The number of hydrogen-bond donors (Lipinski definition) is 1. The zero-order valence-corrected chi connectivity index (χ0v) is 30.8. The van der Waals surface area contributed by atoms with Crippen LogP contribution >= 0.6 is 23.2 Å². The van der Waals surface area contributed by atoms with Gasteiger partial charge in [0.1, 0.15) is 11.4 Å². The largest absolute Gasteiger partial charge is 0.494 e. The van der Waals surface area contributed by atoms with Crippen molar-refractivity contribution in [3.8, 4) is 16.9 Å². The van der Waals surface area contributed by atoms with Gasteiger partial charge in [0, 0.05) is 71.1 Å². The van der Waals surface area contributed by atoms with Gasteiger partial charge in [0.2, 0.25) is 5.91 Å². The fourth-order valence-electron chi connectivity index (χ4n) is 7.67. The third-order valence-electron chi connectivity index (χ3n) is 10.1. The predicted octanol–water partition coefficient (Wildman–Crippen LogP) is 8.41. The van der Waals surface area contributed by atoms with Gasteiger partial charge in [0.05, 0.1) is 34.0 Å². The van der Waals surface area contributed by atoms with Gasteiger partial charge in [-0.25, -0.2) is 0 Å². The maximum absolute atomic E-state index is 14.9. The van der Waals surface area contributed by atoms with Gasteiger partial charge in [-0.15, -0.1) is 0 Å². The molecule has 9 nitrogen and oxygen atoms in total. The monoisotopic (exact) mass is 710 g/mol. The summed E-state index contributed by atoms with van der Waals surface area (Å²) in [6.07, 6.45) is 3.24. The first kappa shape index (κ1) is 33.8. The average molecular weight is 712 g/mol. The number of ether oxygens (including phenoxy) is 1. The third kappa shape index (κ3) is 5.34. The Labute approximate surface area is 301 Å². The number of nitrogens with two attached hydrogens (primary N) is 1. The Morgan fingerprint density at radius 1 is 1.00 bits per heavy atom. The molecule has 0 spiro atoms. The number of aromatic nitrogens is 4. The zero-order valence-electron chi connectivity index (χ0n) is 29.3. The van der Waals surface area contributed by atoms with E-state index in [1.165, 1.54) is 0 Å². The molecule has 0 fully saturated rings. The molecule has 0 aliphatic carbocycles. The predicted molar refractivity (Wildman–Crippen MR) is 201 cm³/mol. The molecule has 7 rings (SSSR count). The van der Waals surface area contributed by atoms with Crippen LogP contribution in [-0.4, -0.2) is 43.9 Å². The van der Waals surface area contributed by atoms with Crippen LogP contribution in [0.25, 0.3) is 32.9 Å². The number of amides is 2. The summed E-state index contributed by atoms with van der Waals surface area (Å²) in [5.74, 6) is 0.189. The van der Waals surface area contributed by atoms with Gasteiger partial charge in [0.15, 0.2) is 0 Å². The first-order chi connectivity index (χ1) is 23.8. The second-order valence-electron chi connectivity index (χ2n) is 13.5. The summed E-state index contributed by atoms with van der Waals surface area (Å²) < 4.78 is 12.2. The van der Waals surface area contributed by atoms with Crippen LogP contribution in [0.4, 0.5) is 5.69 Å². The first-order valence-electron chi connectivity index (χ1n) is 16.7. The van der Waals surface area contributed by atoms with Crippen molar-refractivity contribution < 1.29 is 14.3 Å². The lowest BCUT2D eigenvalue weighted by molar-refractivity contribution is 0.0956. The van der Waals surface area contributed by atoms with Crippen LogP contribution in [0.15, 0.2) is 48.7 Å². The second-order valence-corrected chi connectivity index (χ2v) is 14.3. The molecule has 1 aliphatic rings. The maximum atomic E-state index is 14.9. The quantitative estimate of drug-likeness (QED) is 0.160. The maximum Gasteiger partial charge on any atom is 0.275 e. The second kappa shape index (κ2) is 12.5. The van der Waals surface area contributed by atoms with E-state index in [1.807, 2.05) is 92.5 Å². The number of anilines is 1. The smallest absolute Gasteiger partial charge is 0.275 e. The van der Waals surface area contributed by atoms with Gasteiger partial charge >= 0.3 is 0 Å². The molecule has 0 unspecified atom stereocenters. The average Bonchev–Trinajstić information content (AvgIpc) is 3.67. The molecule has 50 heavy (non-hydrogen) atoms. The van der Waals surface area contributed by atoms with Crippen molar-refractivity contribution >= 4 is 62.5 Å². The van der Waals surface area contributed by atoms with Crippen molar-refractivity contribution in [1.82, 2.24) is 18.9 Å². The summed E-state index contributed by atoms with van der Waals surface area (Å²) in [6.45, 7) is 11.0. The van der Waals surface area contributed by atoms with Crippen molar-refractivity contribution in [3.63, 3.8) is 0 Å². The molecule has 6 aromatic rings. The molecule has 11 heteroatoms. The topological polar surface area (TPSA) is 100 Å². The molecular formula is C39H40Cl2N6O3. The summed E-state index contributed by atoms with van der Waals surface area (Å²) in [7, 11) is 3.84. The normalized spacial score (nSPS) is 14.6. The highest BCUT2D eigenvalue weighted by atomic mass is 35.5. The van der Waals surface area contributed by atoms with E-state index in [0.717, 1.165) is 77.5 Å². The van der Waals surface area contributed by atoms with E-state index in [-0.39, 0.29) is 11.9 Å². The lowest BCUT2D eigenvalue weighted by Gasteiger charge is -2.34. The van der Waals surface area contributed by atoms with Crippen LogP contribution in [0.1, 0.15) is 68.3 Å². The number of fused-ring (bicyclic) bond motifs is 4. The van der Waals surface area contributed by atoms with Crippen molar-refractivity contribution in [2.24, 2.45) is 19.8 Å².